The van der Waals surface area contributed by atoms with Crippen LogP contribution in [0.2, 0.25) is 0 Å². The van der Waals surface area contributed by atoms with Crippen molar-refractivity contribution in [2.45, 2.75) is 20.8 Å². The van der Waals surface area contributed by atoms with E-state index in [9.17, 15) is 9.59 Å². The minimum atomic E-state index is -0.0200. The number of carbonyl (C=O) groups excluding carboxylic acids is 2. The maximum absolute atomic E-state index is 13.3. The number of aromatic amines is 1. The molecule has 1 fully saturated rings. The highest BCUT2D eigenvalue weighted by molar-refractivity contribution is 6.07. The van der Waals surface area contributed by atoms with Crippen molar-refractivity contribution < 1.29 is 9.59 Å². The van der Waals surface area contributed by atoms with Gasteiger partial charge < -0.3 is 14.8 Å². The molecule has 0 unspecified atom stereocenters. The number of amides is 2. The maximum atomic E-state index is 13.3. The highest BCUT2D eigenvalue weighted by atomic mass is 16.2. The second-order valence-corrected chi connectivity index (χ2v) is 7.38. The van der Waals surface area contributed by atoms with Crippen molar-refractivity contribution >= 4 is 22.7 Å². The first-order chi connectivity index (χ1) is 13.5. The SMILES string of the molecule is Cc1cc(C(=O)N2CCN(C(=O)c3ccc[nH]3)CC2)c2ccc(C)c(C)c2n1. The zero-order chi connectivity index (χ0) is 19.8. The van der Waals surface area contributed by atoms with Crippen molar-refractivity contribution in [2.24, 2.45) is 0 Å². The number of nitrogens with zero attached hydrogens (tertiary/aromatic N) is 3. The quantitative estimate of drug-likeness (QED) is 0.747. The second kappa shape index (κ2) is 7.11. The summed E-state index contributed by atoms with van der Waals surface area (Å²) in [6.45, 7) is 8.14. The first-order valence-corrected chi connectivity index (χ1v) is 9.55. The molecular weight excluding hydrogens is 352 g/mol. The topological polar surface area (TPSA) is 69.3 Å². The summed E-state index contributed by atoms with van der Waals surface area (Å²) < 4.78 is 0. The maximum Gasteiger partial charge on any atom is 0.270 e. The minimum Gasteiger partial charge on any atom is -0.357 e. The molecule has 1 aliphatic heterocycles. The Bertz CT molecular complexity index is 1050. The Labute approximate surface area is 164 Å². The van der Waals surface area contributed by atoms with Crippen LogP contribution in [0.4, 0.5) is 0 Å². The lowest BCUT2D eigenvalue weighted by Gasteiger charge is -2.34. The van der Waals surface area contributed by atoms with Crippen molar-refractivity contribution in [1.29, 1.82) is 0 Å². The number of rotatable bonds is 2. The Morgan fingerprint density at radius 1 is 0.964 bits per heavy atom. The number of benzene rings is 1. The summed E-state index contributed by atoms with van der Waals surface area (Å²) in [5.41, 5.74) is 5.28. The Hall–Kier alpha value is -3.15. The molecule has 4 rings (SSSR count). The van der Waals surface area contributed by atoms with Gasteiger partial charge in [-0.2, -0.15) is 0 Å². The number of hydrogen-bond donors (Lipinski definition) is 1. The monoisotopic (exact) mass is 376 g/mol. The van der Waals surface area contributed by atoms with Gasteiger partial charge in [-0.15, -0.1) is 0 Å². The van der Waals surface area contributed by atoms with E-state index in [1.807, 2.05) is 43.0 Å². The van der Waals surface area contributed by atoms with Gasteiger partial charge in [0, 0.05) is 43.5 Å². The van der Waals surface area contributed by atoms with Gasteiger partial charge in [0.25, 0.3) is 11.8 Å². The largest absolute Gasteiger partial charge is 0.357 e. The van der Waals surface area contributed by atoms with Gasteiger partial charge in [-0.25, -0.2) is 0 Å². The molecule has 2 aromatic heterocycles. The minimum absolute atomic E-state index is 0.00530. The predicted molar refractivity (Wildman–Crippen MR) is 109 cm³/mol. The summed E-state index contributed by atoms with van der Waals surface area (Å²) >= 11 is 0. The zero-order valence-corrected chi connectivity index (χ0v) is 16.5. The molecule has 0 radical (unpaired) electrons. The molecule has 3 heterocycles. The molecule has 1 aliphatic rings. The van der Waals surface area contributed by atoms with Crippen LogP contribution in [0, 0.1) is 20.8 Å². The number of nitrogens with one attached hydrogen (secondary N) is 1. The van der Waals surface area contributed by atoms with Crippen molar-refractivity contribution in [1.82, 2.24) is 19.8 Å². The lowest BCUT2D eigenvalue weighted by atomic mass is 10.00. The third-order valence-electron chi connectivity index (χ3n) is 5.55. The highest BCUT2D eigenvalue weighted by Gasteiger charge is 2.27. The van der Waals surface area contributed by atoms with Crippen LogP contribution in [0.15, 0.2) is 36.5 Å². The van der Waals surface area contributed by atoms with Crippen LogP contribution in [0.25, 0.3) is 10.9 Å². The van der Waals surface area contributed by atoms with E-state index in [0.717, 1.165) is 22.2 Å². The van der Waals surface area contributed by atoms with Crippen LogP contribution < -0.4 is 0 Å². The highest BCUT2D eigenvalue weighted by Crippen LogP contribution is 2.25. The Kier molecular flexibility index (Phi) is 4.63. The molecule has 1 aromatic carbocycles. The molecule has 1 saturated heterocycles. The average Bonchev–Trinajstić information content (AvgIpc) is 3.24. The molecule has 6 heteroatoms. The predicted octanol–water partition coefficient (Wildman–Crippen LogP) is 3.09. The summed E-state index contributed by atoms with van der Waals surface area (Å²) in [5, 5.41) is 0.892. The lowest BCUT2D eigenvalue weighted by Crippen LogP contribution is -2.50. The van der Waals surface area contributed by atoms with E-state index >= 15 is 0 Å². The van der Waals surface area contributed by atoms with E-state index in [0.29, 0.717) is 37.4 Å². The molecule has 3 aromatic rings. The molecule has 0 atom stereocenters. The molecule has 1 N–H and O–H groups in total. The normalized spacial score (nSPS) is 14.5. The molecule has 6 nitrogen and oxygen atoms in total. The number of aryl methyl sites for hydroxylation is 3. The number of carbonyl (C=O) groups is 2. The number of pyridine rings is 1. The summed E-state index contributed by atoms with van der Waals surface area (Å²) in [5.74, 6) is -0.0147. The van der Waals surface area contributed by atoms with Crippen LogP contribution >= 0.6 is 0 Å². The first kappa shape index (κ1) is 18.2. The Morgan fingerprint density at radius 2 is 1.64 bits per heavy atom. The van der Waals surface area contributed by atoms with Crippen LogP contribution in [-0.2, 0) is 0 Å². The molecule has 144 valence electrons. The van der Waals surface area contributed by atoms with E-state index < -0.39 is 0 Å². The fourth-order valence-electron chi connectivity index (χ4n) is 3.75. The van der Waals surface area contributed by atoms with Gasteiger partial charge in [0.2, 0.25) is 0 Å². The van der Waals surface area contributed by atoms with E-state index in [2.05, 4.69) is 16.9 Å². The second-order valence-electron chi connectivity index (χ2n) is 7.38. The first-order valence-electron chi connectivity index (χ1n) is 9.55. The van der Waals surface area contributed by atoms with E-state index in [1.54, 1.807) is 17.2 Å². The number of fused-ring (bicyclic) bond motifs is 1. The van der Waals surface area contributed by atoms with Crippen LogP contribution in [-0.4, -0.2) is 57.8 Å². The summed E-state index contributed by atoms with van der Waals surface area (Å²) in [7, 11) is 0. The standard InChI is InChI=1S/C22H24N4O2/c1-14-6-7-17-18(13-15(2)24-20(17)16(14)3)21(27)25-9-11-26(12-10-25)22(28)19-5-4-8-23-19/h4-8,13,23H,9-12H2,1-3H3. The van der Waals surface area contributed by atoms with Crippen LogP contribution in [0.1, 0.15) is 37.7 Å². The number of aromatic nitrogens is 2. The van der Waals surface area contributed by atoms with Crippen molar-refractivity contribution in [3.63, 3.8) is 0 Å². The van der Waals surface area contributed by atoms with Gasteiger partial charge in [0.1, 0.15) is 5.69 Å². The Morgan fingerprint density at radius 3 is 2.29 bits per heavy atom. The van der Waals surface area contributed by atoms with Crippen molar-refractivity contribution in [3.8, 4) is 0 Å². The van der Waals surface area contributed by atoms with E-state index in [1.165, 1.54) is 5.56 Å². The van der Waals surface area contributed by atoms with Crippen LogP contribution in [0.3, 0.4) is 0 Å². The van der Waals surface area contributed by atoms with E-state index in [4.69, 9.17) is 0 Å². The zero-order valence-electron chi connectivity index (χ0n) is 16.5. The summed E-state index contributed by atoms with van der Waals surface area (Å²) in [6, 6.07) is 9.49. The van der Waals surface area contributed by atoms with Crippen molar-refractivity contribution in [3.05, 3.63) is 64.6 Å². The molecule has 0 spiro atoms. The van der Waals surface area contributed by atoms with Crippen molar-refractivity contribution in [2.75, 3.05) is 26.2 Å². The molecule has 2 amide bonds. The lowest BCUT2D eigenvalue weighted by molar-refractivity contribution is 0.0533. The van der Waals surface area contributed by atoms with E-state index in [-0.39, 0.29) is 11.8 Å². The number of H-pyrrole nitrogens is 1. The fourth-order valence-corrected chi connectivity index (χ4v) is 3.75. The third kappa shape index (κ3) is 3.15. The van der Waals surface area contributed by atoms with Gasteiger partial charge in [-0.05, 0) is 50.1 Å². The van der Waals surface area contributed by atoms with Gasteiger partial charge in [-0.1, -0.05) is 12.1 Å². The van der Waals surface area contributed by atoms with Crippen LogP contribution in [0.5, 0.6) is 0 Å². The Balaban J connectivity index is 1.56. The number of piperazine rings is 1. The number of hydrogen-bond acceptors (Lipinski definition) is 3. The van der Waals surface area contributed by atoms with Gasteiger partial charge >= 0.3 is 0 Å². The third-order valence-corrected chi connectivity index (χ3v) is 5.55. The average molecular weight is 376 g/mol. The summed E-state index contributed by atoms with van der Waals surface area (Å²) in [6.07, 6.45) is 1.74. The molecule has 28 heavy (non-hydrogen) atoms. The molecule has 0 saturated carbocycles. The molecule has 0 aliphatic carbocycles. The smallest absolute Gasteiger partial charge is 0.270 e. The summed E-state index contributed by atoms with van der Waals surface area (Å²) in [4.78, 5) is 37.0. The fraction of sp³-hybridized carbons (Fsp3) is 0.318. The van der Waals surface area contributed by atoms with Gasteiger partial charge in [0.05, 0.1) is 11.1 Å². The van der Waals surface area contributed by atoms with Gasteiger partial charge in [-0.3, -0.25) is 14.6 Å². The molecular formula is C22H24N4O2. The van der Waals surface area contributed by atoms with Gasteiger partial charge in [0.15, 0.2) is 0 Å². The molecule has 0 bridgehead atoms.